The number of benzene rings is 2. The standard InChI is InChI=1S/C24H19N3O/c28-24(27-15-5-7-18-6-1-4-10-23(18)27)20-16-22(17-11-13-25-14-12-17)26-21-9-3-2-8-19(20)21/h1-4,6,8-14,16H,5,7,15H2. The van der Waals surface area contributed by atoms with Crippen LogP contribution in [0.5, 0.6) is 0 Å². The van der Waals surface area contributed by atoms with Gasteiger partial charge in [-0.25, -0.2) is 4.98 Å². The van der Waals surface area contributed by atoms with Crippen molar-refractivity contribution in [3.63, 3.8) is 0 Å². The molecule has 0 atom stereocenters. The summed E-state index contributed by atoms with van der Waals surface area (Å²) in [6, 6.07) is 21.8. The van der Waals surface area contributed by atoms with E-state index in [1.807, 2.05) is 65.6 Å². The van der Waals surface area contributed by atoms with Gasteiger partial charge in [0, 0.05) is 35.6 Å². The number of rotatable bonds is 2. The second-order valence-electron chi connectivity index (χ2n) is 7.00. The molecule has 28 heavy (non-hydrogen) atoms. The van der Waals surface area contributed by atoms with Crippen LogP contribution in [0.1, 0.15) is 22.3 Å². The minimum absolute atomic E-state index is 0.0288. The molecule has 136 valence electrons. The van der Waals surface area contributed by atoms with Crippen LogP contribution in [0.3, 0.4) is 0 Å². The van der Waals surface area contributed by atoms with E-state index in [1.54, 1.807) is 12.4 Å². The first kappa shape index (κ1) is 16.6. The lowest BCUT2D eigenvalue weighted by atomic mass is 9.99. The number of aryl methyl sites for hydroxylation is 1. The molecule has 1 amide bonds. The van der Waals surface area contributed by atoms with Crippen LogP contribution in [-0.2, 0) is 6.42 Å². The predicted molar refractivity (Wildman–Crippen MR) is 111 cm³/mol. The second-order valence-corrected chi connectivity index (χ2v) is 7.00. The number of pyridine rings is 2. The molecule has 4 heteroatoms. The molecular weight excluding hydrogens is 346 g/mol. The van der Waals surface area contributed by atoms with Gasteiger partial charge in [0.25, 0.3) is 5.91 Å². The van der Waals surface area contributed by atoms with Crippen molar-refractivity contribution in [1.29, 1.82) is 0 Å². The molecule has 0 saturated heterocycles. The van der Waals surface area contributed by atoms with Gasteiger partial charge in [0.15, 0.2) is 0 Å². The number of para-hydroxylation sites is 2. The first-order chi connectivity index (χ1) is 13.8. The van der Waals surface area contributed by atoms with Gasteiger partial charge in [0.1, 0.15) is 0 Å². The lowest BCUT2D eigenvalue weighted by Crippen LogP contribution is -2.35. The fraction of sp³-hybridized carbons (Fsp3) is 0.125. The number of anilines is 1. The van der Waals surface area contributed by atoms with E-state index in [0.717, 1.165) is 47.2 Å². The summed E-state index contributed by atoms with van der Waals surface area (Å²) in [5.41, 5.74) is 5.50. The van der Waals surface area contributed by atoms with Gasteiger partial charge in [0.2, 0.25) is 0 Å². The van der Waals surface area contributed by atoms with Crippen molar-refractivity contribution < 1.29 is 4.79 Å². The number of carbonyl (C=O) groups excluding carboxylic acids is 1. The summed E-state index contributed by atoms with van der Waals surface area (Å²) in [4.78, 5) is 24.4. The van der Waals surface area contributed by atoms with Gasteiger partial charge in [-0.3, -0.25) is 9.78 Å². The molecule has 0 saturated carbocycles. The summed E-state index contributed by atoms with van der Waals surface area (Å²) >= 11 is 0. The molecule has 4 nitrogen and oxygen atoms in total. The molecule has 5 rings (SSSR count). The highest BCUT2D eigenvalue weighted by atomic mass is 16.2. The highest BCUT2D eigenvalue weighted by molar-refractivity contribution is 6.14. The smallest absolute Gasteiger partial charge is 0.259 e. The zero-order valence-electron chi connectivity index (χ0n) is 15.4. The van der Waals surface area contributed by atoms with Crippen molar-refractivity contribution in [3.8, 4) is 11.3 Å². The Morgan fingerprint density at radius 3 is 2.61 bits per heavy atom. The van der Waals surface area contributed by atoms with Gasteiger partial charge in [0.05, 0.1) is 16.8 Å². The Morgan fingerprint density at radius 1 is 0.929 bits per heavy atom. The van der Waals surface area contributed by atoms with Gasteiger partial charge in [-0.2, -0.15) is 0 Å². The van der Waals surface area contributed by atoms with E-state index in [4.69, 9.17) is 4.98 Å². The molecular formula is C24H19N3O. The van der Waals surface area contributed by atoms with Crippen LogP contribution < -0.4 is 4.90 Å². The molecule has 0 spiro atoms. The Bertz CT molecular complexity index is 1170. The van der Waals surface area contributed by atoms with Crippen LogP contribution in [-0.4, -0.2) is 22.4 Å². The quantitative estimate of drug-likeness (QED) is 0.508. The fourth-order valence-corrected chi connectivity index (χ4v) is 3.91. The van der Waals surface area contributed by atoms with Gasteiger partial charge >= 0.3 is 0 Å². The number of fused-ring (bicyclic) bond motifs is 2. The number of carbonyl (C=O) groups is 1. The molecule has 3 heterocycles. The highest BCUT2D eigenvalue weighted by Crippen LogP contribution is 2.31. The molecule has 0 aliphatic carbocycles. The van der Waals surface area contributed by atoms with E-state index < -0.39 is 0 Å². The normalized spacial score (nSPS) is 13.4. The zero-order valence-corrected chi connectivity index (χ0v) is 15.4. The molecule has 4 aromatic rings. The molecule has 0 unspecified atom stereocenters. The highest BCUT2D eigenvalue weighted by Gasteiger charge is 2.25. The van der Waals surface area contributed by atoms with E-state index in [1.165, 1.54) is 5.56 Å². The molecule has 1 aliphatic heterocycles. The minimum Gasteiger partial charge on any atom is -0.308 e. The average Bonchev–Trinajstić information content (AvgIpc) is 2.78. The Kier molecular flexibility index (Phi) is 4.09. The van der Waals surface area contributed by atoms with Crippen LogP contribution in [0, 0.1) is 0 Å². The van der Waals surface area contributed by atoms with Crippen molar-refractivity contribution in [1.82, 2.24) is 9.97 Å². The topological polar surface area (TPSA) is 46.1 Å². The van der Waals surface area contributed by atoms with E-state index in [0.29, 0.717) is 5.56 Å². The van der Waals surface area contributed by atoms with Crippen LogP contribution >= 0.6 is 0 Å². The lowest BCUT2D eigenvalue weighted by molar-refractivity contribution is 0.0986. The monoisotopic (exact) mass is 365 g/mol. The Balaban J connectivity index is 1.67. The number of aromatic nitrogens is 2. The summed E-state index contributed by atoms with van der Waals surface area (Å²) in [5, 5.41) is 0.883. The Hall–Kier alpha value is -3.53. The predicted octanol–water partition coefficient (Wildman–Crippen LogP) is 4.89. The fourth-order valence-electron chi connectivity index (χ4n) is 3.91. The van der Waals surface area contributed by atoms with E-state index in [2.05, 4.69) is 11.1 Å². The zero-order chi connectivity index (χ0) is 18.9. The van der Waals surface area contributed by atoms with Crippen molar-refractivity contribution in [2.75, 3.05) is 11.4 Å². The maximum atomic E-state index is 13.6. The molecule has 0 N–H and O–H groups in total. The van der Waals surface area contributed by atoms with Gasteiger partial charge in [-0.05, 0) is 48.7 Å². The van der Waals surface area contributed by atoms with Crippen LogP contribution in [0.2, 0.25) is 0 Å². The van der Waals surface area contributed by atoms with Crippen molar-refractivity contribution >= 4 is 22.5 Å². The Labute approximate surface area is 163 Å². The second kappa shape index (κ2) is 6.89. The van der Waals surface area contributed by atoms with E-state index in [-0.39, 0.29) is 5.91 Å². The number of hydrogen-bond acceptors (Lipinski definition) is 3. The largest absolute Gasteiger partial charge is 0.308 e. The third kappa shape index (κ3) is 2.83. The SMILES string of the molecule is O=C(c1cc(-c2ccncc2)nc2ccccc12)N1CCCc2ccccc21. The van der Waals surface area contributed by atoms with Crippen molar-refractivity contribution in [3.05, 3.63) is 90.3 Å². The molecule has 2 aromatic carbocycles. The average molecular weight is 365 g/mol. The Morgan fingerprint density at radius 2 is 1.71 bits per heavy atom. The van der Waals surface area contributed by atoms with Gasteiger partial charge < -0.3 is 4.90 Å². The van der Waals surface area contributed by atoms with Gasteiger partial charge in [-0.15, -0.1) is 0 Å². The van der Waals surface area contributed by atoms with Crippen LogP contribution in [0.15, 0.2) is 79.1 Å². The minimum atomic E-state index is 0.0288. The lowest BCUT2D eigenvalue weighted by Gasteiger charge is -2.30. The maximum Gasteiger partial charge on any atom is 0.259 e. The third-order valence-corrected chi connectivity index (χ3v) is 5.28. The van der Waals surface area contributed by atoms with Crippen LogP contribution in [0.25, 0.3) is 22.2 Å². The van der Waals surface area contributed by atoms with E-state index >= 15 is 0 Å². The third-order valence-electron chi connectivity index (χ3n) is 5.28. The first-order valence-electron chi connectivity index (χ1n) is 9.51. The summed E-state index contributed by atoms with van der Waals surface area (Å²) in [6.07, 6.45) is 5.48. The van der Waals surface area contributed by atoms with Crippen LogP contribution in [0.4, 0.5) is 5.69 Å². The molecule has 2 aromatic heterocycles. The number of nitrogens with zero attached hydrogens (tertiary/aromatic N) is 3. The molecule has 1 aliphatic rings. The summed E-state index contributed by atoms with van der Waals surface area (Å²) in [6.45, 7) is 0.733. The van der Waals surface area contributed by atoms with Crippen molar-refractivity contribution in [2.45, 2.75) is 12.8 Å². The maximum absolute atomic E-state index is 13.6. The van der Waals surface area contributed by atoms with Gasteiger partial charge in [-0.1, -0.05) is 36.4 Å². The first-order valence-corrected chi connectivity index (χ1v) is 9.51. The van der Waals surface area contributed by atoms with Crippen molar-refractivity contribution in [2.24, 2.45) is 0 Å². The summed E-state index contributed by atoms with van der Waals surface area (Å²) in [5.74, 6) is 0.0288. The van der Waals surface area contributed by atoms with E-state index in [9.17, 15) is 4.79 Å². The summed E-state index contributed by atoms with van der Waals surface area (Å²) < 4.78 is 0. The molecule has 0 radical (unpaired) electrons. The number of amides is 1. The molecule has 0 fully saturated rings. The number of hydrogen-bond donors (Lipinski definition) is 0. The summed E-state index contributed by atoms with van der Waals surface area (Å²) in [7, 11) is 0. The molecule has 0 bridgehead atoms.